The molecule has 5 rings (SSSR count). The molecule has 0 bridgehead atoms. The summed E-state index contributed by atoms with van der Waals surface area (Å²) in [6, 6.07) is 12.2. The topological polar surface area (TPSA) is 151 Å². The molecule has 224 valence electrons. The number of alkyl halides is 3. The highest BCUT2D eigenvalue weighted by Gasteiger charge is 2.33. The molecule has 1 aliphatic heterocycles. The molecular formula is C27H24F3N7O5S. The number of carbonyl (C=O) groups excluding carboxylic acids is 2. The maximum Gasteiger partial charge on any atom is 0.416 e. The second-order valence-electron chi connectivity index (χ2n) is 9.75. The number of hydrogen-bond donors (Lipinski definition) is 2. The summed E-state index contributed by atoms with van der Waals surface area (Å²) < 4.78 is 67.0. The minimum Gasteiger partial charge on any atom is -0.508 e. The van der Waals surface area contributed by atoms with Crippen molar-refractivity contribution in [1.29, 1.82) is 0 Å². The summed E-state index contributed by atoms with van der Waals surface area (Å²) in [6.07, 6.45) is -0.925. The average molecular weight is 616 g/mol. The Morgan fingerprint density at radius 2 is 1.70 bits per heavy atom. The molecular weight excluding hydrogens is 591 g/mol. The summed E-state index contributed by atoms with van der Waals surface area (Å²) in [5.41, 5.74) is -0.146. The number of benzene rings is 2. The molecule has 2 aromatic carbocycles. The molecule has 2 aromatic heterocycles. The first-order valence-electron chi connectivity index (χ1n) is 12.7. The van der Waals surface area contributed by atoms with Crippen LogP contribution in [0.3, 0.4) is 0 Å². The van der Waals surface area contributed by atoms with Crippen molar-refractivity contribution in [2.24, 2.45) is 0 Å². The minimum atomic E-state index is -4.71. The molecule has 0 saturated carbocycles. The van der Waals surface area contributed by atoms with Gasteiger partial charge in [0.25, 0.3) is 11.8 Å². The molecule has 2 N–H and O–H groups in total. The van der Waals surface area contributed by atoms with E-state index in [0.29, 0.717) is 16.9 Å². The van der Waals surface area contributed by atoms with Gasteiger partial charge < -0.3 is 14.9 Å². The summed E-state index contributed by atoms with van der Waals surface area (Å²) >= 11 is 0. The molecule has 1 fully saturated rings. The number of phenols is 1. The van der Waals surface area contributed by atoms with E-state index in [-0.39, 0.29) is 48.9 Å². The van der Waals surface area contributed by atoms with Crippen molar-refractivity contribution in [1.82, 2.24) is 29.6 Å². The van der Waals surface area contributed by atoms with Crippen LogP contribution in [0.15, 0.2) is 67.0 Å². The molecule has 1 aliphatic rings. The highest BCUT2D eigenvalue weighted by atomic mass is 32.2. The zero-order valence-electron chi connectivity index (χ0n) is 22.5. The lowest BCUT2D eigenvalue weighted by Crippen LogP contribution is -2.49. The molecule has 1 saturated heterocycles. The predicted molar refractivity (Wildman–Crippen MR) is 148 cm³/mol. The third-order valence-electron chi connectivity index (χ3n) is 6.57. The van der Waals surface area contributed by atoms with Crippen molar-refractivity contribution in [3.05, 3.63) is 83.8 Å². The predicted octanol–water partition coefficient (Wildman–Crippen LogP) is 2.71. The Labute approximate surface area is 243 Å². The maximum absolute atomic E-state index is 13.8. The average Bonchev–Trinajstić information content (AvgIpc) is 3.46. The molecule has 4 aromatic rings. The lowest BCUT2D eigenvalue weighted by Gasteiger charge is -2.35. The smallest absolute Gasteiger partial charge is 0.416 e. The number of halogens is 3. The second-order valence-corrected chi connectivity index (χ2v) is 11.5. The van der Waals surface area contributed by atoms with Crippen LogP contribution < -0.4 is 9.62 Å². The van der Waals surface area contributed by atoms with Gasteiger partial charge in [0.05, 0.1) is 23.7 Å². The number of carbonyl (C=O) groups is 2. The molecule has 12 nitrogen and oxygen atoms in total. The van der Waals surface area contributed by atoms with E-state index < -0.39 is 33.6 Å². The Balaban J connectivity index is 1.32. The fourth-order valence-electron chi connectivity index (χ4n) is 4.49. The van der Waals surface area contributed by atoms with Crippen LogP contribution in [-0.4, -0.2) is 82.7 Å². The molecule has 16 heteroatoms. The van der Waals surface area contributed by atoms with Crippen LogP contribution >= 0.6 is 0 Å². The van der Waals surface area contributed by atoms with Crippen LogP contribution in [0, 0.1) is 0 Å². The Bertz CT molecular complexity index is 1790. The number of nitrogens with zero attached hydrogens (tertiary/aromatic N) is 6. The Hall–Kier alpha value is -4.99. The minimum absolute atomic E-state index is 0.0263. The van der Waals surface area contributed by atoms with Gasteiger partial charge in [-0.2, -0.15) is 18.3 Å². The van der Waals surface area contributed by atoms with Gasteiger partial charge in [-0.25, -0.2) is 17.8 Å². The fourth-order valence-corrected chi connectivity index (χ4v) is 4.93. The number of piperazine rings is 1. The van der Waals surface area contributed by atoms with Crippen LogP contribution in [0.5, 0.6) is 5.75 Å². The molecule has 0 radical (unpaired) electrons. The van der Waals surface area contributed by atoms with Gasteiger partial charge >= 0.3 is 6.18 Å². The number of nitrogens with one attached hydrogen (secondary N) is 1. The van der Waals surface area contributed by atoms with E-state index >= 15 is 0 Å². The number of rotatable bonds is 6. The van der Waals surface area contributed by atoms with Gasteiger partial charge in [-0.1, -0.05) is 12.1 Å². The summed E-state index contributed by atoms with van der Waals surface area (Å²) in [5.74, 6) is -1.11. The van der Waals surface area contributed by atoms with E-state index in [4.69, 9.17) is 0 Å². The summed E-state index contributed by atoms with van der Waals surface area (Å²) in [7, 11) is -3.77. The van der Waals surface area contributed by atoms with Crippen LogP contribution in [0.4, 0.5) is 19.0 Å². The van der Waals surface area contributed by atoms with Crippen molar-refractivity contribution in [2.75, 3.05) is 37.3 Å². The van der Waals surface area contributed by atoms with Crippen LogP contribution in [0.25, 0.3) is 16.8 Å². The molecule has 0 aliphatic carbocycles. The van der Waals surface area contributed by atoms with E-state index in [1.807, 2.05) is 0 Å². The van der Waals surface area contributed by atoms with E-state index in [1.165, 1.54) is 52.3 Å². The highest BCUT2D eigenvalue weighted by molar-refractivity contribution is 7.89. The van der Waals surface area contributed by atoms with E-state index in [9.17, 15) is 36.3 Å². The Morgan fingerprint density at radius 1 is 0.953 bits per heavy atom. The number of sulfonamides is 1. The van der Waals surface area contributed by atoms with Gasteiger partial charge in [-0.15, -0.1) is 10.2 Å². The third kappa shape index (κ3) is 6.91. The number of aromatic hydroxyl groups is 1. The zero-order valence-corrected chi connectivity index (χ0v) is 23.3. The largest absolute Gasteiger partial charge is 0.508 e. The summed E-state index contributed by atoms with van der Waals surface area (Å²) in [4.78, 5) is 28.5. The number of phenolic OH excluding ortho intramolecular Hbond substituents is 1. The lowest BCUT2D eigenvalue weighted by molar-refractivity contribution is -0.137. The number of aromatic nitrogens is 4. The van der Waals surface area contributed by atoms with Crippen LogP contribution in [-0.2, 0) is 16.2 Å². The van der Waals surface area contributed by atoms with Gasteiger partial charge in [0.2, 0.25) is 10.0 Å². The normalized spacial score (nSPS) is 14.0. The molecule has 0 spiro atoms. The van der Waals surface area contributed by atoms with Crippen molar-refractivity contribution in [2.45, 2.75) is 6.18 Å². The molecule has 2 amide bonds. The van der Waals surface area contributed by atoms with Gasteiger partial charge in [0.1, 0.15) is 5.75 Å². The Kier molecular flexibility index (Phi) is 7.79. The number of anilines is 1. The number of amides is 2. The maximum atomic E-state index is 13.8. The van der Waals surface area contributed by atoms with Crippen molar-refractivity contribution >= 4 is 27.7 Å². The van der Waals surface area contributed by atoms with Crippen LogP contribution in [0.1, 0.15) is 26.4 Å². The zero-order chi connectivity index (χ0) is 30.9. The van der Waals surface area contributed by atoms with Crippen LogP contribution in [0.2, 0.25) is 0 Å². The first-order chi connectivity index (χ1) is 20.3. The standard InChI is InChI=1S/C27H24F3N7O5S/c1-43(41,42)34-25(39)23-5-6-24(33-32-23)35-7-9-36(10-8-35)26(40)18-11-20(27(28,29)30)14-21(12-18)37-16-19(15-31-37)17-3-2-4-22(38)13-17/h2-6,11-16,38H,7-10H2,1H3,(H,34,39). The molecule has 0 unspecified atom stereocenters. The van der Waals surface area contributed by atoms with Gasteiger partial charge in [-0.3, -0.25) is 9.59 Å². The quantitative estimate of drug-likeness (QED) is 0.334. The molecule has 43 heavy (non-hydrogen) atoms. The van der Waals surface area contributed by atoms with Crippen molar-refractivity contribution in [3.63, 3.8) is 0 Å². The van der Waals surface area contributed by atoms with Gasteiger partial charge in [-0.05, 0) is 48.0 Å². The monoisotopic (exact) mass is 615 g/mol. The van der Waals surface area contributed by atoms with Crippen molar-refractivity contribution < 1.29 is 36.3 Å². The van der Waals surface area contributed by atoms with Crippen molar-refractivity contribution in [3.8, 4) is 22.6 Å². The fraction of sp³-hybridized carbons (Fsp3) is 0.222. The first kappa shape index (κ1) is 29.5. The van der Waals surface area contributed by atoms with E-state index in [0.717, 1.165) is 18.4 Å². The highest BCUT2D eigenvalue weighted by Crippen LogP contribution is 2.33. The number of hydrogen-bond acceptors (Lipinski definition) is 9. The van der Waals surface area contributed by atoms with Gasteiger partial charge in [0, 0.05) is 43.5 Å². The van der Waals surface area contributed by atoms with E-state index in [1.54, 1.807) is 21.8 Å². The van der Waals surface area contributed by atoms with E-state index in [2.05, 4.69) is 15.3 Å². The second kappa shape index (κ2) is 11.4. The van der Waals surface area contributed by atoms with Gasteiger partial charge in [0.15, 0.2) is 11.5 Å². The SMILES string of the molecule is CS(=O)(=O)NC(=O)c1ccc(N2CCN(C(=O)c3cc(-n4cc(-c5cccc(O)c5)cn4)cc(C(F)(F)F)c3)CC2)nn1. The Morgan fingerprint density at radius 3 is 2.33 bits per heavy atom. The summed E-state index contributed by atoms with van der Waals surface area (Å²) in [5, 5.41) is 21.7. The third-order valence-corrected chi connectivity index (χ3v) is 7.13. The first-order valence-corrected chi connectivity index (χ1v) is 14.6. The molecule has 3 heterocycles. The molecule has 0 atom stereocenters. The summed E-state index contributed by atoms with van der Waals surface area (Å²) in [6.45, 7) is 0.915. The lowest BCUT2D eigenvalue weighted by atomic mass is 10.1.